The number of fused-ring (bicyclic) bond motifs is 1. The van der Waals surface area contributed by atoms with Gasteiger partial charge in [0.15, 0.2) is 0 Å². The van der Waals surface area contributed by atoms with Crippen molar-refractivity contribution >= 4 is 0 Å². The molecule has 2 aliphatic rings. The Morgan fingerprint density at radius 2 is 2.50 bits per heavy atom. The van der Waals surface area contributed by atoms with E-state index in [4.69, 9.17) is 0 Å². The molecule has 2 rings (SSSR count). The first-order chi connectivity index (χ1) is 4.97. The Morgan fingerprint density at radius 3 is 3.40 bits per heavy atom. The first kappa shape index (κ1) is 5.98. The van der Waals surface area contributed by atoms with Crippen molar-refractivity contribution in [3.05, 3.63) is 23.9 Å². The predicted octanol–water partition coefficient (Wildman–Crippen LogP) is 0.739. The Bertz CT molecular complexity index is 182. The molecule has 2 heteroatoms. The third-order valence-electron chi connectivity index (χ3n) is 2.03. The van der Waals surface area contributed by atoms with Crippen molar-refractivity contribution in [1.29, 1.82) is 0 Å². The van der Waals surface area contributed by atoms with E-state index in [1.54, 1.807) is 0 Å². The summed E-state index contributed by atoms with van der Waals surface area (Å²) in [6.45, 7) is 1.14. The quantitative estimate of drug-likeness (QED) is 0.513. The molecule has 0 amide bonds. The second kappa shape index (κ2) is 2.46. The summed E-state index contributed by atoms with van der Waals surface area (Å²) in [4.78, 5) is 0. The number of hydrogen-bond donors (Lipinski definition) is 2. The van der Waals surface area contributed by atoms with Gasteiger partial charge in [0.25, 0.3) is 0 Å². The Kier molecular flexibility index (Phi) is 1.47. The molecule has 0 spiro atoms. The van der Waals surface area contributed by atoms with Gasteiger partial charge in [-0.15, -0.1) is 0 Å². The summed E-state index contributed by atoms with van der Waals surface area (Å²) in [7, 11) is 0. The summed E-state index contributed by atoms with van der Waals surface area (Å²) < 4.78 is 0. The van der Waals surface area contributed by atoms with Gasteiger partial charge in [0, 0.05) is 0 Å². The van der Waals surface area contributed by atoms with Crippen molar-refractivity contribution in [3.8, 4) is 0 Å². The van der Waals surface area contributed by atoms with Gasteiger partial charge in [-0.25, -0.2) is 0 Å². The van der Waals surface area contributed by atoms with Gasteiger partial charge in [0.1, 0.15) is 0 Å². The second-order valence-corrected chi connectivity index (χ2v) is 2.76. The van der Waals surface area contributed by atoms with E-state index < -0.39 is 0 Å². The minimum atomic E-state index is 0.429. The lowest BCUT2D eigenvalue weighted by atomic mass is 10.0. The molecule has 1 unspecified atom stereocenters. The Labute approximate surface area is 61.0 Å². The normalized spacial score (nSPS) is 30.4. The van der Waals surface area contributed by atoms with E-state index in [1.807, 2.05) is 6.20 Å². The first-order valence-corrected chi connectivity index (χ1v) is 3.82. The molecule has 10 heavy (non-hydrogen) atoms. The lowest BCUT2D eigenvalue weighted by molar-refractivity contribution is 0.455. The summed E-state index contributed by atoms with van der Waals surface area (Å²) in [6.07, 6.45) is 9.21. The lowest BCUT2D eigenvalue weighted by Gasteiger charge is -2.28. The average molecular weight is 136 g/mol. The van der Waals surface area contributed by atoms with Crippen LogP contribution in [0.15, 0.2) is 23.9 Å². The van der Waals surface area contributed by atoms with Crippen LogP contribution in [0.25, 0.3) is 0 Å². The fraction of sp³-hybridized carbons (Fsp3) is 0.500. The van der Waals surface area contributed by atoms with Crippen molar-refractivity contribution in [3.63, 3.8) is 0 Å². The number of allylic oxidation sites excluding steroid dienone is 2. The van der Waals surface area contributed by atoms with E-state index in [9.17, 15) is 0 Å². The molecule has 1 fully saturated rings. The highest BCUT2D eigenvalue weighted by atomic mass is 15.1. The molecule has 0 aromatic carbocycles. The largest absolute Gasteiger partial charge is 0.372 e. The van der Waals surface area contributed by atoms with Crippen LogP contribution in [0.2, 0.25) is 0 Å². The molecule has 1 saturated heterocycles. The molecular formula is C8H12N2. The topological polar surface area (TPSA) is 24.1 Å². The van der Waals surface area contributed by atoms with Crippen LogP contribution in [-0.2, 0) is 0 Å². The molecule has 0 bridgehead atoms. The SMILES string of the molecule is C1=CNC2NCCCC2=C1. The molecule has 2 nitrogen and oxygen atoms in total. The van der Waals surface area contributed by atoms with E-state index in [1.165, 1.54) is 18.4 Å². The Balaban J connectivity index is 2.14. The molecule has 0 aromatic rings. The predicted molar refractivity (Wildman–Crippen MR) is 41.4 cm³/mol. The first-order valence-electron chi connectivity index (χ1n) is 3.82. The lowest BCUT2D eigenvalue weighted by Crippen LogP contribution is -2.45. The zero-order chi connectivity index (χ0) is 6.81. The van der Waals surface area contributed by atoms with E-state index in [0.29, 0.717) is 6.17 Å². The Morgan fingerprint density at radius 1 is 1.50 bits per heavy atom. The van der Waals surface area contributed by atoms with Crippen LogP contribution in [0.1, 0.15) is 12.8 Å². The molecule has 0 aromatic heterocycles. The Hall–Kier alpha value is -0.760. The van der Waals surface area contributed by atoms with Gasteiger partial charge >= 0.3 is 0 Å². The van der Waals surface area contributed by atoms with Gasteiger partial charge in [0.2, 0.25) is 0 Å². The number of piperidine rings is 1. The zero-order valence-corrected chi connectivity index (χ0v) is 5.93. The third kappa shape index (κ3) is 0.948. The van der Waals surface area contributed by atoms with Gasteiger partial charge in [0.05, 0.1) is 6.17 Å². The van der Waals surface area contributed by atoms with E-state index in [0.717, 1.165) is 6.54 Å². The van der Waals surface area contributed by atoms with Crippen molar-refractivity contribution in [2.45, 2.75) is 19.0 Å². The van der Waals surface area contributed by atoms with Gasteiger partial charge in [-0.2, -0.15) is 0 Å². The van der Waals surface area contributed by atoms with Crippen LogP contribution in [0.3, 0.4) is 0 Å². The van der Waals surface area contributed by atoms with Crippen molar-refractivity contribution in [2.75, 3.05) is 6.54 Å². The van der Waals surface area contributed by atoms with E-state index in [-0.39, 0.29) is 0 Å². The second-order valence-electron chi connectivity index (χ2n) is 2.76. The molecule has 2 aliphatic heterocycles. The maximum atomic E-state index is 3.39. The maximum Gasteiger partial charge on any atom is 0.0989 e. The molecule has 54 valence electrons. The summed E-state index contributed by atoms with van der Waals surface area (Å²) >= 11 is 0. The van der Waals surface area contributed by atoms with Gasteiger partial charge in [-0.05, 0) is 37.2 Å². The molecule has 2 N–H and O–H groups in total. The molecule has 0 saturated carbocycles. The maximum absolute atomic E-state index is 3.39. The van der Waals surface area contributed by atoms with Crippen molar-refractivity contribution < 1.29 is 0 Å². The number of hydrogen-bond acceptors (Lipinski definition) is 2. The highest BCUT2D eigenvalue weighted by Crippen LogP contribution is 2.15. The minimum Gasteiger partial charge on any atom is -0.372 e. The molecule has 0 radical (unpaired) electrons. The molecule has 1 atom stereocenters. The highest BCUT2D eigenvalue weighted by molar-refractivity contribution is 5.23. The number of dihydropyridines is 1. The fourth-order valence-corrected chi connectivity index (χ4v) is 1.48. The average Bonchev–Trinajstić information content (AvgIpc) is 2.05. The van der Waals surface area contributed by atoms with Gasteiger partial charge in [-0.3, -0.25) is 5.32 Å². The van der Waals surface area contributed by atoms with Crippen LogP contribution in [-0.4, -0.2) is 12.7 Å². The van der Waals surface area contributed by atoms with Gasteiger partial charge < -0.3 is 5.32 Å². The van der Waals surface area contributed by atoms with Crippen LogP contribution in [0.4, 0.5) is 0 Å². The van der Waals surface area contributed by atoms with Crippen LogP contribution in [0, 0.1) is 0 Å². The summed E-state index contributed by atoms with van der Waals surface area (Å²) in [5, 5.41) is 6.65. The van der Waals surface area contributed by atoms with Crippen LogP contribution < -0.4 is 10.6 Å². The van der Waals surface area contributed by atoms with E-state index in [2.05, 4.69) is 22.8 Å². The summed E-state index contributed by atoms with van der Waals surface area (Å²) in [5.41, 5.74) is 1.49. The summed E-state index contributed by atoms with van der Waals surface area (Å²) in [6, 6.07) is 0. The van der Waals surface area contributed by atoms with Gasteiger partial charge in [-0.1, -0.05) is 6.08 Å². The smallest absolute Gasteiger partial charge is 0.0989 e. The standard InChI is InChI=1S/C8H12N2/c1-3-7-4-2-6-10-8(7)9-5-1/h1,3,5,8-10H,2,4,6H2. The number of rotatable bonds is 0. The van der Waals surface area contributed by atoms with Crippen molar-refractivity contribution in [2.24, 2.45) is 0 Å². The van der Waals surface area contributed by atoms with Crippen molar-refractivity contribution in [1.82, 2.24) is 10.6 Å². The van der Waals surface area contributed by atoms with E-state index >= 15 is 0 Å². The molecule has 0 aliphatic carbocycles. The summed E-state index contributed by atoms with van der Waals surface area (Å²) in [5.74, 6) is 0. The van der Waals surface area contributed by atoms with Crippen LogP contribution in [0.5, 0.6) is 0 Å². The number of nitrogens with one attached hydrogen (secondary N) is 2. The minimum absolute atomic E-state index is 0.429. The van der Waals surface area contributed by atoms with Crippen LogP contribution >= 0.6 is 0 Å². The molecule has 2 heterocycles. The zero-order valence-electron chi connectivity index (χ0n) is 5.93. The fourth-order valence-electron chi connectivity index (χ4n) is 1.48. The molecular weight excluding hydrogens is 124 g/mol. The highest BCUT2D eigenvalue weighted by Gasteiger charge is 2.16. The third-order valence-corrected chi connectivity index (χ3v) is 2.03. The monoisotopic (exact) mass is 136 g/mol.